The fourth-order valence-electron chi connectivity index (χ4n) is 3.54. The van der Waals surface area contributed by atoms with E-state index in [4.69, 9.17) is 10.2 Å². The summed E-state index contributed by atoms with van der Waals surface area (Å²) in [5, 5.41) is 29.1. The molecule has 28 heavy (non-hydrogen) atoms. The lowest BCUT2D eigenvalue weighted by Gasteiger charge is -2.36. The zero-order valence-corrected chi connectivity index (χ0v) is 17.2. The van der Waals surface area contributed by atoms with Crippen molar-refractivity contribution in [3.63, 3.8) is 0 Å². The molecule has 0 spiro atoms. The lowest BCUT2D eigenvalue weighted by atomic mass is 10.1. The van der Waals surface area contributed by atoms with Crippen molar-refractivity contribution in [3.8, 4) is 0 Å². The molecule has 0 atom stereocenters. The van der Waals surface area contributed by atoms with Crippen LogP contribution >= 0.6 is 0 Å². The van der Waals surface area contributed by atoms with E-state index in [1.165, 1.54) is 32.1 Å². The van der Waals surface area contributed by atoms with Crippen LogP contribution in [-0.4, -0.2) is 58.8 Å². The summed E-state index contributed by atoms with van der Waals surface area (Å²) in [6.07, 6.45) is 16.4. The van der Waals surface area contributed by atoms with Crippen LogP contribution in [0.15, 0.2) is 12.2 Å². The average molecular weight is 400 g/mol. The summed E-state index contributed by atoms with van der Waals surface area (Å²) in [5.41, 5.74) is 0. The number of hydrogen-bond donors (Lipinski definition) is 2. The summed E-state index contributed by atoms with van der Waals surface area (Å²) in [6.45, 7) is 0.634. The molecule has 0 aromatic carbocycles. The van der Waals surface area contributed by atoms with Gasteiger partial charge in [-0.15, -0.1) is 0 Å². The third-order valence-electron chi connectivity index (χ3n) is 4.89. The number of nitrogens with zero attached hydrogens (tertiary/aromatic N) is 1. The van der Waals surface area contributed by atoms with Gasteiger partial charge in [0, 0.05) is 0 Å². The van der Waals surface area contributed by atoms with E-state index in [-0.39, 0.29) is 6.54 Å². The van der Waals surface area contributed by atoms with Crippen molar-refractivity contribution < 1.29 is 34.2 Å². The van der Waals surface area contributed by atoms with E-state index >= 15 is 0 Å². The molecule has 0 aromatic rings. The standard InChI is InChI=1S/C21H37NO6/c1-2-3-4-5-6-7-8-9-10-11-12-13-14-15-22(16-19(23)24,17-20(25)26)18-21(27)28/h2-3H,4-18H2,1H3,(H2-,23,24,25,26,27,28)/b3-2+. The van der Waals surface area contributed by atoms with Gasteiger partial charge >= 0.3 is 11.9 Å². The number of hydrogen-bond acceptors (Lipinski definition) is 4. The van der Waals surface area contributed by atoms with E-state index in [1.807, 2.05) is 6.92 Å². The Kier molecular flexibility index (Phi) is 15.0. The van der Waals surface area contributed by atoms with E-state index in [2.05, 4.69) is 12.2 Å². The molecule has 7 heteroatoms. The van der Waals surface area contributed by atoms with Crippen LogP contribution in [0.5, 0.6) is 0 Å². The summed E-state index contributed by atoms with van der Waals surface area (Å²) in [4.78, 5) is 33.2. The minimum absolute atomic E-state index is 0.221. The van der Waals surface area contributed by atoms with Gasteiger partial charge in [0.1, 0.15) is 6.54 Å². The van der Waals surface area contributed by atoms with Gasteiger partial charge in [0.05, 0.1) is 12.5 Å². The second-order valence-electron chi connectivity index (χ2n) is 7.59. The number of unbranched alkanes of at least 4 members (excludes halogenated alkanes) is 10. The van der Waals surface area contributed by atoms with Crippen LogP contribution in [0.2, 0.25) is 0 Å². The molecule has 0 aliphatic carbocycles. The molecule has 0 fully saturated rings. The molecule has 2 N–H and O–H groups in total. The summed E-state index contributed by atoms with van der Waals surface area (Å²) < 4.78 is -0.500. The number of carboxylic acid groups (broad SMARTS) is 3. The molecule has 0 aliphatic heterocycles. The highest BCUT2D eigenvalue weighted by Crippen LogP contribution is 2.14. The topological polar surface area (TPSA) is 115 Å². The Morgan fingerprint density at radius 3 is 1.57 bits per heavy atom. The van der Waals surface area contributed by atoms with Gasteiger partial charge in [-0.25, -0.2) is 9.59 Å². The molecule has 0 rings (SSSR count). The number of carbonyl (C=O) groups excluding carboxylic acids is 1. The molecular formula is C21H37NO6. The maximum Gasteiger partial charge on any atom is 0.359 e. The maximum absolute atomic E-state index is 11.1. The predicted octanol–water partition coefficient (Wildman–Crippen LogP) is 2.59. The molecule has 0 aliphatic rings. The van der Waals surface area contributed by atoms with Crippen molar-refractivity contribution in [2.45, 2.75) is 77.6 Å². The highest BCUT2D eigenvalue weighted by Gasteiger charge is 2.33. The second-order valence-corrected chi connectivity index (χ2v) is 7.59. The lowest BCUT2D eigenvalue weighted by molar-refractivity contribution is -0.909. The Bertz CT molecular complexity index is 448. The van der Waals surface area contributed by atoms with Gasteiger partial charge in [0.25, 0.3) is 0 Å². The highest BCUT2D eigenvalue weighted by atomic mass is 16.4. The van der Waals surface area contributed by atoms with E-state index < -0.39 is 42.0 Å². The first-order valence-corrected chi connectivity index (χ1v) is 10.4. The molecule has 0 bridgehead atoms. The van der Waals surface area contributed by atoms with Crippen LogP contribution in [0.3, 0.4) is 0 Å². The highest BCUT2D eigenvalue weighted by molar-refractivity contribution is 5.72. The largest absolute Gasteiger partial charge is 0.544 e. The monoisotopic (exact) mass is 399 g/mol. The molecule has 0 saturated carbocycles. The number of carbonyl (C=O) groups is 3. The van der Waals surface area contributed by atoms with E-state index in [0.29, 0.717) is 6.42 Å². The SMILES string of the molecule is C/C=C/CCCCCCCCCCCC[N+](CC(=O)[O-])(CC(=O)O)CC(=O)O. The Morgan fingerprint density at radius 2 is 1.18 bits per heavy atom. The van der Waals surface area contributed by atoms with Gasteiger partial charge in [-0.1, -0.05) is 57.1 Å². The predicted molar refractivity (Wildman–Crippen MR) is 106 cm³/mol. The summed E-state index contributed by atoms with van der Waals surface area (Å²) in [5.74, 6) is -3.82. The van der Waals surface area contributed by atoms with Gasteiger partial charge in [0.15, 0.2) is 13.1 Å². The van der Waals surface area contributed by atoms with Gasteiger partial charge in [-0.3, -0.25) is 0 Å². The minimum atomic E-state index is -1.42. The van der Waals surface area contributed by atoms with Crippen LogP contribution < -0.4 is 5.11 Å². The first kappa shape index (κ1) is 26.1. The van der Waals surface area contributed by atoms with Crippen molar-refractivity contribution >= 4 is 17.9 Å². The first-order valence-electron chi connectivity index (χ1n) is 10.4. The Hall–Kier alpha value is -1.89. The van der Waals surface area contributed by atoms with Gasteiger partial charge < -0.3 is 24.6 Å². The summed E-state index contributed by atoms with van der Waals surface area (Å²) in [7, 11) is 0. The van der Waals surface area contributed by atoms with Crippen LogP contribution in [0, 0.1) is 0 Å². The third-order valence-corrected chi connectivity index (χ3v) is 4.89. The van der Waals surface area contributed by atoms with E-state index in [0.717, 1.165) is 32.1 Å². The number of rotatable bonds is 19. The van der Waals surface area contributed by atoms with E-state index in [1.54, 1.807) is 0 Å². The number of aliphatic carboxylic acids is 3. The van der Waals surface area contributed by atoms with Crippen LogP contribution in [-0.2, 0) is 14.4 Å². The summed E-state index contributed by atoms with van der Waals surface area (Å²) >= 11 is 0. The molecule has 162 valence electrons. The minimum Gasteiger partial charge on any atom is -0.544 e. The molecular weight excluding hydrogens is 362 g/mol. The summed E-state index contributed by atoms with van der Waals surface area (Å²) in [6, 6.07) is 0. The van der Waals surface area contributed by atoms with Gasteiger partial charge in [0.2, 0.25) is 0 Å². The quantitative estimate of drug-likeness (QED) is 0.196. The van der Waals surface area contributed by atoms with E-state index in [9.17, 15) is 19.5 Å². The molecule has 0 heterocycles. The molecule has 0 unspecified atom stereocenters. The number of allylic oxidation sites excluding steroid dienone is 2. The van der Waals surface area contributed by atoms with Gasteiger partial charge in [-0.2, -0.15) is 0 Å². The zero-order valence-electron chi connectivity index (χ0n) is 17.2. The third kappa shape index (κ3) is 15.2. The Labute approximate surface area is 168 Å². The molecule has 7 nitrogen and oxygen atoms in total. The van der Waals surface area contributed by atoms with Crippen molar-refractivity contribution in [1.29, 1.82) is 0 Å². The molecule has 0 radical (unpaired) electrons. The zero-order chi connectivity index (χ0) is 21.3. The molecule has 0 saturated heterocycles. The smallest absolute Gasteiger partial charge is 0.359 e. The van der Waals surface area contributed by atoms with Crippen LogP contribution in [0.4, 0.5) is 0 Å². The fraction of sp³-hybridized carbons (Fsp3) is 0.762. The second kappa shape index (κ2) is 16.1. The molecule has 0 aromatic heterocycles. The normalized spacial score (nSPS) is 11.8. The first-order chi connectivity index (χ1) is 13.3. The van der Waals surface area contributed by atoms with Crippen molar-refractivity contribution in [3.05, 3.63) is 12.2 Å². The van der Waals surface area contributed by atoms with Gasteiger partial charge in [-0.05, 0) is 32.6 Å². The Balaban J connectivity index is 4.02. The lowest BCUT2D eigenvalue weighted by Crippen LogP contribution is -2.59. The van der Waals surface area contributed by atoms with Crippen LogP contribution in [0.25, 0.3) is 0 Å². The van der Waals surface area contributed by atoms with Crippen molar-refractivity contribution in [2.24, 2.45) is 0 Å². The Morgan fingerprint density at radius 1 is 0.750 bits per heavy atom. The number of carboxylic acids is 3. The van der Waals surface area contributed by atoms with Crippen molar-refractivity contribution in [1.82, 2.24) is 0 Å². The van der Waals surface area contributed by atoms with Crippen molar-refractivity contribution in [2.75, 3.05) is 26.2 Å². The van der Waals surface area contributed by atoms with Crippen LogP contribution in [0.1, 0.15) is 77.6 Å². The molecule has 0 amide bonds. The fourth-order valence-corrected chi connectivity index (χ4v) is 3.54. The number of quaternary nitrogens is 1. The maximum atomic E-state index is 11.1. The average Bonchev–Trinajstić information content (AvgIpc) is 2.57.